The van der Waals surface area contributed by atoms with Crippen LogP contribution in [0.4, 0.5) is 0 Å². The van der Waals surface area contributed by atoms with Gasteiger partial charge in [0, 0.05) is 12.0 Å². The van der Waals surface area contributed by atoms with E-state index in [1.165, 1.54) is 0 Å². The van der Waals surface area contributed by atoms with Gasteiger partial charge in [-0.3, -0.25) is 4.79 Å². The summed E-state index contributed by atoms with van der Waals surface area (Å²) < 4.78 is 0. The van der Waals surface area contributed by atoms with E-state index in [9.17, 15) is 9.90 Å². The molecule has 1 saturated carbocycles. The van der Waals surface area contributed by atoms with Crippen LogP contribution in [-0.2, 0) is 4.79 Å². The number of hydrogen-bond acceptors (Lipinski definition) is 3. The summed E-state index contributed by atoms with van der Waals surface area (Å²) in [6.45, 7) is 2.39. The number of hydrogen-bond donors (Lipinski definition) is 3. The first-order valence-electron chi connectivity index (χ1n) is 5.37. The van der Waals surface area contributed by atoms with E-state index >= 15 is 0 Å². The van der Waals surface area contributed by atoms with Crippen LogP contribution in [-0.4, -0.2) is 29.7 Å². The lowest BCUT2D eigenvalue weighted by atomic mass is 9.96. The van der Waals surface area contributed by atoms with Crippen molar-refractivity contribution in [2.75, 3.05) is 6.54 Å². The molecule has 2 atom stereocenters. The summed E-state index contributed by atoms with van der Waals surface area (Å²) in [5.74, 6) is -0.352. The molecule has 4 heteroatoms. The lowest BCUT2D eigenvalue weighted by molar-refractivity contribution is -0.132. The summed E-state index contributed by atoms with van der Waals surface area (Å²) in [6.07, 6.45) is 2.89. The molecule has 0 saturated heterocycles. The molecule has 1 aliphatic carbocycles. The number of amides is 1. The summed E-state index contributed by atoms with van der Waals surface area (Å²) in [6, 6.07) is 0.303. The molecule has 4 N–H and O–H groups in total. The zero-order chi connectivity index (χ0) is 10.6. The number of nitrogens with one attached hydrogen (secondary N) is 1. The predicted molar refractivity (Wildman–Crippen MR) is 54.6 cm³/mol. The molecule has 2 unspecified atom stereocenters. The van der Waals surface area contributed by atoms with Crippen LogP contribution in [0.15, 0.2) is 0 Å². The lowest BCUT2D eigenvalue weighted by Gasteiger charge is -2.19. The van der Waals surface area contributed by atoms with Gasteiger partial charge < -0.3 is 16.2 Å². The van der Waals surface area contributed by atoms with Gasteiger partial charge in [-0.15, -0.1) is 0 Å². The largest absolute Gasteiger partial charge is 0.383 e. The zero-order valence-corrected chi connectivity index (χ0v) is 8.70. The number of aliphatic hydroxyl groups excluding tert-OH is 1. The van der Waals surface area contributed by atoms with Crippen LogP contribution in [0.2, 0.25) is 0 Å². The van der Waals surface area contributed by atoms with Crippen LogP contribution in [0.25, 0.3) is 0 Å². The van der Waals surface area contributed by atoms with Crippen LogP contribution in [0, 0.1) is 5.92 Å². The Balaban J connectivity index is 2.34. The van der Waals surface area contributed by atoms with Crippen molar-refractivity contribution in [3.05, 3.63) is 0 Å². The number of carbonyl (C=O) groups is 1. The molecule has 0 heterocycles. The van der Waals surface area contributed by atoms with E-state index in [0.717, 1.165) is 25.7 Å². The summed E-state index contributed by atoms with van der Waals surface area (Å²) in [4.78, 5) is 11.5. The maximum Gasteiger partial charge on any atom is 0.249 e. The van der Waals surface area contributed by atoms with Crippen LogP contribution >= 0.6 is 0 Å². The fourth-order valence-corrected chi connectivity index (χ4v) is 1.50. The third-order valence-electron chi connectivity index (χ3n) is 2.60. The number of rotatable bonds is 6. The Bertz CT molecular complexity index is 193. The Labute approximate surface area is 84.9 Å². The quantitative estimate of drug-likeness (QED) is 0.565. The van der Waals surface area contributed by atoms with Crippen LogP contribution in [0.3, 0.4) is 0 Å². The van der Waals surface area contributed by atoms with Crippen molar-refractivity contribution >= 4 is 5.91 Å². The van der Waals surface area contributed by atoms with Gasteiger partial charge in [-0.2, -0.15) is 0 Å². The van der Waals surface area contributed by atoms with E-state index in [1.807, 2.05) is 6.92 Å². The summed E-state index contributed by atoms with van der Waals surface area (Å²) in [5.41, 5.74) is 5.50. The minimum Gasteiger partial charge on any atom is -0.383 e. The summed E-state index contributed by atoms with van der Waals surface area (Å²) >= 11 is 0. The number of carbonyl (C=O) groups excluding carboxylic acids is 1. The highest BCUT2D eigenvalue weighted by atomic mass is 16.3. The SMILES string of the molecule is CCCC(CN)C(O)C(=O)NC1CC1. The molecule has 0 aromatic rings. The van der Waals surface area contributed by atoms with Gasteiger partial charge in [0.15, 0.2) is 0 Å². The monoisotopic (exact) mass is 200 g/mol. The second-order valence-corrected chi connectivity index (χ2v) is 4.01. The molecule has 0 spiro atoms. The highest BCUT2D eigenvalue weighted by Crippen LogP contribution is 2.19. The average Bonchev–Trinajstić information content (AvgIpc) is 2.96. The predicted octanol–water partition coefficient (Wildman–Crippen LogP) is 0.000900. The van der Waals surface area contributed by atoms with Crippen molar-refractivity contribution in [3.8, 4) is 0 Å². The molecule has 0 radical (unpaired) electrons. The molecule has 1 fully saturated rings. The van der Waals surface area contributed by atoms with Crippen molar-refractivity contribution in [2.24, 2.45) is 11.7 Å². The van der Waals surface area contributed by atoms with E-state index in [-0.39, 0.29) is 11.8 Å². The first-order chi connectivity index (χ1) is 6.69. The molecule has 14 heavy (non-hydrogen) atoms. The molecule has 0 aliphatic heterocycles. The third-order valence-corrected chi connectivity index (χ3v) is 2.60. The molecule has 0 bridgehead atoms. The molecule has 1 amide bonds. The van der Waals surface area contributed by atoms with Crippen LogP contribution in [0.5, 0.6) is 0 Å². The first-order valence-corrected chi connectivity index (χ1v) is 5.37. The van der Waals surface area contributed by atoms with Gasteiger partial charge in [-0.25, -0.2) is 0 Å². The minimum absolute atomic E-state index is 0.0984. The molecule has 1 aliphatic rings. The Morgan fingerprint density at radius 1 is 1.64 bits per heavy atom. The van der Waals surface area contributed by atoms with Crippen molar-refractivity contribution in [2.45, 2.75) is 44.8 Å². The second kappa shape index (κ2) is 5.32. The normalized spacial score (nSPS) is 20.2. The molecular formula is C10H20N2O2. The Morgan fingerprint density at radius 2 is 2.29 bits per heavy atom. The molecular weight excluding hydrogens is 180 g/mol. The molecule has 82 valence electrons. The van der Waals surface area contributed by atoms with Crippen LogP contribution < -0.4 is 11.1 Å². The molecule has 4 nitrogen and oxygen atoms in total. The van der Waals surface area contributed by atoms with Crippen molar-refractivity contribution in [1.29, 1.82) is 0 Å². The van der Waals surface area contributed by atoms with Crippen molar-refractivity contribution < 1.29 is 9.90 Å². The second-order valence-electron chi connectivity index (χ2n) is 4.01. The molecule has 1 rings (SSSR count). The van der Waals surface area contributed by atoms with Crippen molar-refractivity contribution in [1.82, 2.24) is 5.32 Å². The van der Waals surface area contributed by atoms with E-state index in [1.54, 1.807) is 0 Å². The Hall–Kier alpha value is -0.610. The topological polar surface area (TPSA) is 75.3 Å². The zero-order valence-electron chi connectivity index (χ0n) is 8.70. The van der Waals surface area contributed by atoms with Gasteiger partial charge in [-0.05, 0) is 25.8 Å². The summed E-state index contributed by atoms with van der Waals surface area (Å²) in [5, 5.41) is 12.5. The summed E-state index contributed by atoms with van der Waals surface area (Å²) in [7, 11) is 0. The maximum absolute atomic E-state index is 11.5. The Kier molecular flexibility index (Phi) is 4.35. The van der Waals surface area contributed by atoms with Crippen molar-refractivity contribution in [3.63, 3.8) is 0 Å². The number of nitrogens with two attached hydrogens (primary N) is 1. The standard InChI is InChI=1S/C10H20N2O2/c1-2-3-7(6-11)9(13)10(14)12-8-4-5-8/h7-9,13H,2-6,11H2,1H3,(H,12,14). The minimum atomic E-state index is -0.930. The first kappa shape index (κ1) is 11.5. The average molecular weight is 200 g/mol. The third kappa shape index (κ3) is 3.27. The van der Waals surface area contributed by atoms with E-state index in [0.29, 0.717) is 12.6 Å². The molecule has 0 aromatic heterocycles. The van der Waals surface area contributed by atoms with Crippen LogP contribution in [0.1, 0.15) is 32.6 Å². The fraction of sp³-hybridized carbons (Fsp3) is 0.900. The highest BCUT2D eigenvalue weighted by molar-refractivity contribution is 5.81. The fourth-order valence-electron chi connectivity index (χ4n) is 1.50. The molecule has 0 aromatic carbocycles. The van der Waals surface area contributed by atoms with E-state index < -0.39 is 6.10 Å². The van der Waals surface area contributed by atoms with Gasteiger partial charge in [-0.1, -0.05) is 13.3 Å². The van der Waals surface area contributed by atoms with E-state index in [2.05, 4.69) is 5.32 Å². The Morgan fingerprint density at radius 3 is 2.71 bits per heavy atom. The smallest absolute Gasteiger partial charge is 0.249 e. The highest BCUT2D eigenvalue weighted by Gasteiger charge is 2.29. The van der Waals surface area contributed by atoms with Gasteiger partial charge in [0.05, 0.1) is 0 Å². The lowest BCUT2D eigenvalue weighted by Crippen LogP contribution is -2.42. The van der Waals surface area contributed by atoms with E-state index in [4.69, 9.17) is 5.73 Å². The van der Waals surface area contributed by atoms with Gasteiger partial charge in [0.1, 0.15) is 6.10 Å². The van der Waals surface area contributed by atoms with Gasteiger partial charge in [0.25, 0.3) is 0 Å². The van der Waals surface area contributed by atoms with Gasteiger partial charge in [0.2, 0.25) is 5.91 Å². The maximum atomic E-state index is 11.5. The number of aliphatic hydroxyl groups is 1. The van der Waals surface area contributed by atoms with Gasteiger partial charge >= 0.3 is 0 Å².